The van der Waals surface area contributed by atoms with Crippen LogP contribution in [0.4, 0.5) is 0 Å². The summed E-state index contributed by atoms with van der Waals surface area (Å²) in [6, 6.07) is 21.3. The Hall–Kier alpha value is -2.49. The first-order valence-corrected chi connectivity index (χ1v) is 12.1. The van der Waals surface area contributed by atoms with Crippen molar-refractivity contribution >= 4 is 16.5 Å². The molecular formula is C29H34N2O. The molecule has 2 unspecified atom stereocenters. The van der Waals surface area contributed by atoms with Crippen molar-refractivity contribution in [2.75, 3.05) is 20.1 Å². The van der Waals surface area contributed by atoms with E-state index in [2.05, 4.69) is 77.6 Å². The Morgan fingerprint density at radius 2 is 1.84 bits per heavy atom. The number of nitrogens with zero attached hydrogens (tertiary/aromatic N) is 2. The lowest BCUT2D eigenvalue weighted by atomic mass is 9.61. The Labute approximate surface area is 191 Å². The standard InChI is InChI=1S/C29H34N2O/c1-31(16-7-8-22-18-24-11-5-6-12-28(24)30-21-22)17-15-29(32)20-25-13-14-26(29)19-27(25)23-9-3-2-4-10-23/h2-6,9-12,18-19,21,25-26,32H,7-8,13-17,20H2,1H3/t25-,26?,29?/m0/s1. The molecule has 3 aliphatic carbocycles. The molecule has 2 aromatic carbocycles. The fourth-order valence-electron chi connectivity index (χ4n) is 5.74. The van der Waals surface area contributed by atoms with Crippen molar-refractivity contribution in [3.8, 4) is 0 Å². The molecule has 1 N–H and O–H groups in total. The van der Waals surface area contributed by atoms with Crippen molar-refractivity contribution in [1.82, 2.24) is 9.88 Å². The summed E-state index contributed by atoms with van der Waals surface area (Å²) in [7, 11) is 2.19. The Bertz CT molecular complexity index is 1090. The van der Waals surface area contributed by atoms with Crippen LogP contribution in [0, 0.1) is 11.8 Å². The van der Waals surface area contributed by atoms with E-state index in [0.717, 1.165) is 50.7 Å². The maximum Gasteiger partial charge on any atom is 0.0728 e. The van der Waals surface area contributed by atoms with Crippen LogP contribution in [0.2, 0.25) is 0 Å². The predicted octanol–water partition coefficient (Wildman–Crippen LogP) is 5.73. The average molecular weight is 427 g/mol. The largest absolute Gasteiger partial charge is 0.389 e. The molecule has 0 saturated heterocycles. The molecule has 3 heteroatoms. The first-order chi connectivity index (χ1) is 15.6. The van der Waals surface area contributed by atoms with Crippen molar-refractivity contribution in [3.63, 3.8) is 0 Å². The maximum absolute atomic E-state index is 11.5. The van der Waals surface area contributed by atoms with Crippen LogP contribution >= 0.6 is 0 Å². The number of benzene rings is 2. The molecule has 3 aliphatic rings. The molecule has 1 heterocycles. The molecule has 166 valence electrons. The van der Waals surface area contributed by atoms with Gasteiger partial charge in [0.2, 0.25) is 0 Å². The predicted molar refractivity (Wildman–Crippen MR) is 132 cm³/mol. The van der Waals surface area contributed by atoms with Crippen LogP contribution in [0.3, 0.4) is 0 Å². The normalized spacial score (nSPS) is 24.8. The van der Waals surface area contributed by atoms with E-state index in [-0.39, 0.29) is 0 Å². The topological polar surface area (TPSA) is 36.4 Å². The zero-order valence-corrected chi connectivity index (χ0v) is 19.1. The number of pyridine rings is 1. The second-order valence-electron chi connectivity index (χ2n) is 9.87. The van der Waals surface area contributed by atoms with Crippen LogP contribution in [-0.4, -0.2) is 40.7 Å². The van der Waals surface area contributed by atoms with Crippen LogP contribution in [0.25, 0.3) is 16.5 Å². The minimum atomic E-state index is -0.544. The third-order valence-electron chi connectivity index (χ3n) is 7.62. The van der Waals surface area contributed by atoms with Gasteiger partial charge in [0.1, 0.15) is 0 Å². The Kier molecular flexibility index (Phi) is 6.12. The highest BCUT2D eigenvalue weighted by atomic mass is 16.3. The van der Waals surface area contributed by atoms with Gasteiger partial charge in [-0.1, -0.05) is 54.6 Å². The molecule has 0 amide bonds. The number of aromatic nitrogens is 1. The first kappa shape index (κ1) is 21.4. The van der Waals surface area contributed by atoms with E-state index in [4.69, 9.17) is 0 Å². The molecule has 1 aromatic heterocycles. The molecule has 1 saturated carbocycles. The lowest BCUT2D eigenvalue weighted by Gasteiger charge is -2.48. The van der Waals surface area contributed by atoms with Crippen molar-refractivity contribution < 1.29 is 5.11 Å². The third-order valence-corrected chi connectivity index (χ3v) is 7.62. The molecule has 3 aromatic rings. The second-order valence-corrected chi connectivity index (χ2v) is 9.87. The molecular weight excluding hydrogens is 392 g/mol. The van der Waals surface area contributed by atoms with Gasteiger partial charge in [0.15, 0.2) is 0 Å². The number of para-hydroxylation sites is 1. The maximum atomic E-state index is 11.5. The Balaban J connectivity index is 1.13. The van der Waals surface area contributed by atoms with Crippen molar-refractivity contribution in [2.24, 2.45) is 11.8 Å². The van der Waals surface area contributed by atoms with Crippen LogP contribution < -0.4 is 0 Å². The van der Waals surface area contributed by atoms with Gasteiger partial charge in [-0.2, -0.15) is 0 Å². The number of hydrogen-bond donors (Lipinski definition) is 1. The molecule has 3 atom stereocenters. The van der Waals surface area contributed by atoms with Gasteiger partial charge in [-0.05, 0) is 86.9 Å². The Morgan fingerprint density at radius 1 is 1.03 bits per heavy atom. The summed E-state index contributed by atoms with van der Waals surface area (Å²) in [5, 5.41) is 12.7. The summed E-state index contributed by atoms with van der Waals surface area (Å²) in [5.74, 6) is 0.790. The number of rotatable bonds is 8. The van der Waals surface area contributed by atoms with Gasteiger partial charge in [-0.25, -0.2) is 0 Å². The summed E-state index contributed by atoms with van der Waals surface area (Å²) in [6.07, 6.45) is 10.7. The third kappa shape index (κ3) is 4.51. The van der Waals surface area contributed by atoms with Crippen LogP contribution in [0.15, 0.2) is 72.9 Å². The summed E-state index contributed by atoms with van der Waals surface area (Å²) in [6.45, 7) is 1.99. The minimum Gasteiger partial charge on any atom is -0.389 e. The number of aryl methyl sites for hydroxylation is 1. The summed E-state index contributed by atoms with van der Waals surface area (Å²) >= 11 is 0. The molecule has 0 radical (unpaired) electrons. The van der Waals surface area contributed by atoms with E-state index in [1.54, 1.807) is 0 Å². The van der Waals surface area contributed by atoms with E-state index in [0.29, 0.717) is 11.8 Å². The summed E-state index contributed by atoms with van der Waals surface area (Å²) in [5.41, 5.74) is 4.62. The summed E-state index contributed by atoms with van der Waals surface area (Å²) in [4.78, 5) is 6.97. The Morgan fingerprint density at radius 3 is 2.66 bits per heavy atom. The zero-order chi connectivity index (χ0) is 22.0. The molecule has 32 heavy (non-hydrogen) atoms. The zero-order valence-electron chi connectivity index (χ0n) is 19.1. The minimum absolute atomic E-state index is 0.291. The van der Waals surface area contributed by atoms with E-state index < -0.39 is 5.60 Å². The highest BCUT2D eigenvalue weighted by Gasteiger charge is 2.46. The summed E-state index contributed by atoms with van der Waals surface area (Å²) < 4.78 is 0. The highest BCUT2D eigenvalue weighted by Crippen LogP contribution is 2.51. The number of allylic oxidation sites excluding steroid dienone is 1. The average Bonchev–Trinajstić information content (AvgIpc) is 2.83. The monoisotopic (exact) mass is 426 g/mol. The molecule has 2 bridgehead atoms. The van der Waals surface area contributed by atoms with Gasteiger partial charge in [0, 0.05) is 24.0 Å². The SMILES string of the molecule is CN(CCCc1cnc2ccccc2c1)CCC1(O)C[C@@H]2CCC1C=C2c1ccccc1. The fourth-order valence-corrected chi connectivity index (χ4v) is 5.74. The van der Waals surface area contributed by atoms with Gasteiger partial charge in [-0.15, -0.1) is 0 Å². The highest BCUT2D eigenvalue weighted by molar-refractivity contribution is 5.78. The van der Waals surface area contributed by atoms with Crippen LogP contribution in [0.1, 0.15) is 43.2 Å². The van der Waals surface area contributed by atoms with Gasteiger partial charge < -0.3 is 10.0 Å². The van der Waals surface area contributed by atoms with Gasteiger partial charge in [0.05, 0.1) is 11.1 Å². The molecule has 6 rings (SSSR count). The fraction of sp³-hybridized carbons (Fsp3) is 0.414. The van der Waals surface area contributed by atoms with Gasteiger partial charge in [0.25, 0.3) is 0 Å². The molecule has 1 fully saturated rings. The van der Waals surface area contributed by atoms with Crippen molar-refractivity contribution in [1.29, 1.82) is 0 Å². The lowest BCUT2D eigenvalue weighted by molar-refractivity contribution is -0.0574. The quantitative estimate of drug-likeness (QED) is 0.499. The number of fused-ring (bicyclic) bond motifs is 3. The second kappa shape index (κ2) is 9.17. The van der Waals surface area contributed by atoms with E-state index in [9.17, 15) is 5.11 Å². The van der Waals surface area contributed by atoms with E-state index >= 15 is 0 Å². The molecule has 0 spiro atoms. The van der Waals surface area contributed by atoms with Gasteiger partial charge >= 0.3 is 0 Å². The van der Waals surface area contributed by atoms with Crippen LogP contribution in [0.5, 0.6) is 0 Å². The lowest BCUT2D eigenvalue weighted by Crippen LogP contribution is -2.48. The number of hydrogen-bond acceptors (Lipinski definition) is 3. The van der Waals surface area contributed by atoms with Gasteiger partial charge in [-0.3, -0.25) is 4.98 Å². The van der Waals surface area contributed by atoms with Crippen molar-refractivity contribution in [3.05, 3.63) is 84.1 Å². The van der Waals surface area contributed by atoms with E-state index in [1.807, 2.05) is 12.3 Å². The first-order valence-electron chi connectivity index (χ1n) is 12.1. The smallest absolute Gasteiger partial charge is 0.0728 e. The van der Waals surface area contributed by atoms with E-state index in [1.165, 1.54) is 28.5 Å². The van der Waals surface area contributed by atoms with Crippen molar-refractivity contribution in [2.45, 2.75) is 44.1 Å². The van der Waals surface area contributed by atoms with Crippen LogP contribution in [-0.2, 0) is 6.42 Å². The molecule has 0 aliphatic heterocycles. The molecule has 3 nitrogen and oxygen atoms in total. The number of aliphatic hydroxyl groups is 1.